The maximum absolute atomic E-state index is 9.69. The van der Waals surface area contributed by atoms with Gasteiger partial charge in [-0.25, -0.2) is 4.98 Å². The lowest BCUT2D eigenvalue weighted by Gasteiger charge is -2.13. The smallest absolute Gasteiger partial charge is 0.225 e. The first-order valence-corrected chi connectivity index (χ1v) is 6.11. The van der Waals surface area contributed by atoms with Crippen LogP contribution in [0.1, 0.15) is 31.1 Å². The molecule has 94 valence electrons. The highest BCUT2D eigenvalue weighted by molar-refractivity contribution is 5.38. The fourth-order valence-electron chi connectivity index (χ4n) is 1.81. The molecule has 2 aromatic rings. The van der Waals surface area contributed by atoms with Crippen LogP contribution < -0.4 is 4.74 Å². The number of aromatic nitrogens is 1. The zero-order valence-corrected chi connectivity index (χ0v) is 10.6. The number of aliphatic hydroxyl groups excluding tert-OH is 1. The molecule has 1 aromatic carbocycles. The minimum absolute atomic E-state index is 0.466. The van der Waals surface area contributed by atoms with Gasteiger partial charge in [0.15, 0.2) is 0 Å². The lowest BCUT2D eigenvalue weighted by Crippen LogP contribution is -1.99. The number of para-hydroxylation sites is 1. The first kappa shape index (κ1) is 12.6. The zero-order valence-electron chi connectivity index (χ0n) is 10.6. The Kier molecular flexibility index (Phi) is 3.95. The van der Waals surface area contributed by atoms with Crippen LogP contribution in [0.15, 0.2) is 42.6 Å². The van der Waals surface area contributed by atoms with E-state index in [4.69, 9.17) is 4.74 Å². The van der Waals surface area contributed by atoms with Gasteiger partial charge in [0.05, 0.1) is 6.10 Å². The molecule has 18 heavy (non-hydrogen) atoms. The van der Waals surface area contributed by atoms with Gasteiger partial charge >= 0.3 is 0 Å². The summed E-state index contributed by atoms with van der Waals surface area (Å²) in [6.45, 7) is 3.78. The third-order valence-corrected chi connectivity index (χ3v) is 2.81. The number of nitrogens with zero attached hydrogens (tertiary/aromatic N) is 1. The first-order valence-electron chi connectivity index (χ1n) is 6.11. The summed E-state index contributed by atoms with van der Waals surface area (Å²) in [5, 5.41) is 9.69. The first-order chi connectivity index (χ1) is 8.72. The molecule has 1 unspecified atom stereocenters. The Morgan fingerprint density at radius 3 is 2.72 bits per heavy atom. The lowest BCUT2D eigenvalue weighted by molar-refractivity contribution is 0.194. The quantitative estimate of drug-likeness (QED) is 0.893. The summed E-state index contributed by atoms with van der Waals surface area (Å²) in [7, 11) is 0. The molecular formula is C15H17NO2. The van der Waals surface area contributed by atoms with Crippen molar-refractivity contribution in [3.05, 3.63) is 53.7 Å². The number of hydrogen-bond donors (Lipinski definition) is 1. The van der Waals surface area contributed by atoms with E-state index in [9.17, 15) is 5.11 Å². The molecule has 1 atom stereocenters. The van der Waals surface area contributed by atoms with E-state index < -0.39 is 6.10 Å². The molecule has 0 amide bonds. The van der Waals surface area contributed by atoms with Crippen molar-refractivity contribution in [2.45, 2.75) is 26.4 Å². The molecule has 0 aliphatic rings. The summed E-state index contributed by atoms with van der Waals surface area (Å²) < 4.78 is 5.82. The topological polar surface area (TPSA) is 42.4 Å². The van der Waals surface area contributed by atoms with Gasteiger partial charge in [0, 0.05) is 11.8 Å². The molecule has 3 nitrogen and oxygen atoms in total. The highest BCUT2D eigenvalue weighted by Crippen LogP contribution is 2.29. The van der Waals surface area contributed by atoms with Crippen LogP contribution in [0.4, 0.5) is 0 Å². The fourth-order valence-corrected chi connectivity index (χ4v) is 1.81. The predicted molar refractivity (Wildman–Crippen MR) is 70.8 cm³/mol. The number of ether oxygens (including phenoxy) is 1. The van der Waals surface area contributed by atoms with Crippen molar-refractivity contribution in [1.82, 2.24) is 4.98 Å². The predicted octanol–water partition coefficient (Wildman–Crippen LogP) is 3.49. The Hall–Kier alpha value is -1.87. The largest absolute Gasteiger partial charge is 0.438 e. The Balaban J connectivity index is 2.34. The molecule has 0 saturated carbocycles. The molecule has 0 fully saturated rings. The van der Waals surface area contributed by atoms with E-state index in [1.807, 2.05) is 30.3 Å². The molecule has 0 radical (unpaired) electrons. The molecule has 1 aromatic heterocycles. The zero-order chi connectivity index (χ0) is 13.0. The van der Waals surface area contributed by atoms with E-state index in [1.54, 1.807) is 19.2 Å². The highest BCUT2D eigenvalue weighted by atomic mass is 16.5. The number of aryl methyl sites for hydroxylation is 1. The molecule has 0 aliphatic carbocycles. The van der Waals surface area contributed by atoms with E-state index in [2.05, 4.69) is 11.9 Å². The molecule has 2 rings (SSSR count). The highest BCUT2D eigenvalue weighted by Gasteiger charge is 2.11. The number of benzene rings is 1. The van der Waals surface area contributed by atoms with E-state index in [0.717, 1.165) is 17.7 Å². The van der Waals surface area contributed by atoms with Crippen LogP contribution in [0.2, 0.25) is 0 Å². The molecule has 0 saturated heterocycles. The van der Waals surface area contributed by atoms with Crippen molar-refractivity contribution in [3.8, 4) is 11.6 Å². The van der Waals surface area contributed by atoms with Gasteiger partial charge < -0.3 is 9.84 Å². The summed E-state index contributed by atoms with van der Waals surface area (Å²) in [6.07, 6.45) is 1.96. The molecule has 1 N–H and O–H groups in total. The van der Waals surface area contributed by atoms with Crippen LogP contribution in [0.5, 0.6) is 11.6 Å². The fraction of sp³-hybridized carbons (Fsp3) is 0.267. The third kappa shape index (κ3) is 2.68. The second kappa shape index (κ2) is 5.65. The molecule has 3 heteroatoms. The minimum Gasteiger partial charge on any atom is -0.438 e. The van der Waals surface area contributed by atoms with Crippen molar-refractivity contribution < 1.29 is 9.84 Å². The summed E-state index contributed by atoms with van der Waals surface area (Å²) in [4.78, 5) is 4.19. The second-order valence-electron chi connectivity index (χ2n) is 4.14. The van der Waals surface area contributed by atoms with Crippen LogP contribution in [-0.2, 0) is 6.42 Å². The third-order valence-electron chi connectivity index (χ3n) is 2.81. The summed E-state index contributed by atoms with van der Waals surface area (Å²) >= 11 is 0. The van der Waals surface area contributed by atoms with Gasteiger partial charge in [0.1, 0.15) is 5.75 Å². The van der Waals surface area contributed by atoms with Gasteiger partial charge in [-0.3, -0.25) is 0 Å². The van der Waals surface area contributed by atoms with Gasteiger partial charge in [-0.15, -0.1) is 0 Å². The molecular weight excluding hydrogens is 226 g/mol. The van der Waals surface area contributed by atoms with Crippen molar-refractivity contribution >= 4 is 0 Å². The lowest BCUT2D eigenvalue weighted by atomic mass is 10.1. The Morgan fingerprint density at radius 2 is 2.00 bits per heavy atom. The standard InChI is InChI=1S/C15H17NO2/c1-3-12-7-4-5-9-14(12)18-15-13(11(2)17)8-6-10-16-15/h4-11,17H,3H2,1-2H3. The average Bonchev–Trinajstić information content (AvgIpc) is 2.40. The summed E-state index contributed by atoms with van der Waals surface area (Å²) in [5.41, 5.74) is 1.82. The second-order valence-corrected chi connectivity index (χ2v) is 4.14. The van der Waals surface area contributed by atoms with Crippen LogP contribution in [0.25, 0.3) is 0 Å². The van der Waals surface area contributed by atoms with Gasteiger partial charge in [-0.05, 0) is 37.1 Å². The average molecular weight is 243 g/mol. The Labute approximate surface area is 107 Å². The molecule has 1 heterocycles. The molecule has 0 spiro atoms. The minimum atomic E-state index is -0.595. The number of aliphatic hydroxyl groups is 1. The normalized spacial score (nSPS) is 12.2. The van der Waals surface area contributed by atoms with Crippen molar-refractivity contribution in [2.75, 3.05) is 0 Å². The van der Waals surface area contributed by atoms with E-state index in [1.165, 1.54) is 0 Å². The van der Waals surface area contributed by atoms with E-state index in [0.29, 0.717) is 11.4 Å². The van der Waals surface area contributed by atoms with Crippen LogP contribution in [0, 0.1) is 0 Å². The molecule has 0 aliphatic heterocycles. The Bertz CT molecular complexity index is 523. The van der Waals surface area contributed by atoms with Gasteiger partial charge in [0.2, 0.25) is 5.88 Å². The van der Waals surface area contributed by atoms with Crippen molar-refractivity contribution in [2.24, 2.45) is 0 Å². The van der Waals surface area contributed by atoms with Crippen LogP contribution >= 0.6 is 0 Å². The van der Waals surface area contributed by atoms with Crippen molar-refractivity contribution in [1.29, 1.82) is 0 Å². The SMILES string of the molecule is CCc1ccccc1Oc1ncccc1C(C)O. The van der Waals surface area contributed by atoms with Crippen molar-refractivity contribution in [3.63, 3.8) is 0 Å². The number of pyridine rings is 1. The monoisotopic (exact) mass is 243 g/mol. The Morgan fingerprint density at radius 1 is 1.22 bits per heavy atom. The van der Waals surface area contributed by atoms with Gasteiger partial charge in [0.25, 0.3) is 0 Å². The summed E-state index contributed by atoms with van der Waals surface area (Å²) in [6, 6.07) is 11.5. The number of hydrogen-bond acceptors (Lipinski definition) is 3. The van der Waals surface area contributed by atoms with Gasteiger partial charge in [-0.2, -0.15) is 0 Å². The number of rotatable bonds is 4. The van der Waals surface area contributed by atoms with Crippen LogP contribution in [-0.4, -0.2) is 10.1 Å². The summed E-state index contributed by atoms with van der Waals surface area (Å²) in [5.74, 6) is 1.26. The van der Waals surface area contributed by atoms with Crippen LogP contribution in [0.3, 0.4) is 0 Å². The van der Waals surface area contributed by atoms with E-state index >= 15 is 0 Å². The maximum atomic E-state index is 9.69. The van der Waals surface area contributed by atoms with Gasteiger partial charge in [-0.1, -0.05) is 25.1 Å². The van der Waals surface area contributed by atoms with E-state index in [-0.39, 0.29) is 0 Å². The molecule has 0 bridgehead atoms. The maximum Gasteiger partial charge on any atom is 0.225 e.